The van der Waals surface area contributed by atoms with Crippen LogP contribution in [0.15, 0.2) is 73.3 Å². The number of imidazole rings is 1. The van der Waals surface area contributed by atoms with E-state index in [9.17, 15) is 10.1 Å². The molecule has 0 saturated heterocycles. The van der Waals surface area contributed by atoms with E-state index in [1.54, 1.807) is 11.7 Å². The second-order valence-corrected chi connectivity index (χ2v) is 11.5. The van der Waals surface area contributed by atoms with E-state index in [1.807, 2.05) is 30.3 Å². The molecule has 0 radical (unpaired) electrons. The van der Waals surface area contributed by atoms with Crippen LogP contribution in [0.2, 0.25) is 5.02 Å². The Morgan fingerprint density at radius 2 is 1.91 bits per heavy atom. The summed E-state index contributed by atoms with van der Waals surface area (Å²) in [6, 6.07) is 18.1. The Kier molecular flexibility index (Phi) is 9.16. The minimum atomic E-state index is -0.489. The molecule has 0 atom stereocenters. The lowest BCUT2D eigenvalue weighted by atomic mass is 9.95. The molecule has 4 heterocycles. The number of rotatable bonds is 11. The first kappa shape index (κ1) is 31.4. The van der Waals surface area contributed by atoms with Gasteiger partial charge in [0.05, 0.1) is 18.1 Å². The van der Waals surface area contributed by atoms with Gasteiger partial charge in [0.2, 0.25) is 18.8 Å². The summed E-state index contributed by atoms with van der Waals surface area (Å²) < 4.78 is 27.5. The topological polar surface area (TPSA) is 105 Å². The molecule has 46 heavy (non-hydrogen) atoms. The zero-order chi connectivity index (χ0) is 30.9. The number of aromatic nitrogens is 3. The average Bonchev–Trinajstić information content (AvgIpc) is 3.72. The molecule has 0 saturated carbocycles. The van der Waals surface area contributed by atoms with Crippen molar-refractivity contribution in [3.63, 3.8) is 0 Å². The number of nitro groups is 1. The molecule has 0 spiro atoms. The quantitative estimate of drug-likeness (QED) is 0.121. The Morgan fingerprint density at radius 3 is 2.67 bits per heavy atom. The molecular weight excluding hydrogens is 633 g/mol. The molecule has 0 N–H and O–H groups in total. The van der Waals surface area contributed by atoms with Gasteiger partial charge in [-0.2, -0.15) is 4.57 Å². The van der Waals surface area contributed by atoms with Crippen LogP contribution >= 0.6 is 11.6 Å². The number of fused-ring (bicyclic) bond motifs is 5. The summed E-state index contributed by atoms with van der Waals surface area (Å²) in [5, 5.41) is 13.8. The number of methoxy groups -OCH3 is 1. The van der Waals surface area contributed by atoms with Crippen LogP contribution in [0.5, 0.6) is 23.0 Å². The zero-order valence-corrected chi connectivity index (χ0v) is 26.5. The van der Waals surface area contributed by atoms with Gasteiger partial charge in [0.25, 0.3) is 0 Å². The van der Waals surface area contributed by atoms with E-state index < -0.39 is 4.92 Å². The minimum Gasteiger partial charge on any atom is -1.00 e. The number of benzene rings is 3. The van der Waals surface area contributed by atoms with Crippen LogP contribution in [-0.4, -0.2) is 53.0 Å². The Labute approximate surface area is 276 Å². The summed E-state index contributed by atoms with van der Waals surface area (Å²) in [5.74, 6) is 2.77. The number of pyridine rings is 1. The lowest BCUT2D eigenvalue weighted by Gasteiger charge is -2.23. The normalized spacial score (nSPS) is 12.8. The third-order valence-corrected chi connectivity index (χ3v) is 8.50. The standard InChI is InChI=1S/C33H31ClN5O6.ClH/c1-42-29-7-4-23-14-28-26-16-31-30(44-21-45-31)15-24(26)8-9-38(28)18-27(23)33(29)43-13-12-36(17-22-2-5-25(34)6-3-22)10-11-37-19-32(35-20-37)39(40)41;/h2-7,14-16,18-20H,8-13,17,21H2,1H3;1H/q+1;/p-1. The van der Waals surface area contributed by atoms with Gasteiger partial charge in [-0.05, 0) is 62.8 Å². The van der Waals surface area contributed by atoms with E-state index in [1.165, 1.54) is 18.1 Å². The first-order chi connectivity index (χ1) is 21.9. The fourth-order valence-corrected chi connectivity index (χ4v) is 6.05. The van der Waals surface area contributed by atoms with Crippen LogP contribution < -0.4 is 35.9 Å². The molecule has 2 aliphatic rings. The number of halogens is 2. The predicted molar refractivity (Wildman–Crippen MR) is 167 cm³/mol. The highest BCUT2D eigenvalue weighted by Gasteiger charge is 2.28. The maximum absolute atomic E-state index is 11.1. The fourth-order valence-electron chi connectivity index (χ4n) is 5.92. The van der Waals surface area contributed by atoms with Crippen LogP contribution in [0.4, 0.5) is 5.82 Å². The number of hydrogen-bond acceptors (Lipinski definition) is 8. The average molecular weight is 665 g/mol. The summed E-state index contributed by atoms with van der Waals surface area (Å²) >= 11 is 6.11. The first-order valence-corrected chi connectivity index (χ1v) is 15.1. The van der Waals surface area contributed by atoms with E-state index in [4.69, 9.17) is 30.5 Å². The zero-order valence-electron chi connectivity index (χ0n) is 25.0. The van der Waals surface area contributed by atoms with Crippen LogP contribution in [0, 0.1) is 10.1 Å². The molecule has 0 aliphatic carbocycles. The van der Waals surface area contributed by atoms with E-state index in [-0.39, 0.29) is 25.0 Å². The van der Waals surface area contributed by atoms with E-state index in [2.05, 4.69) is 44.9 Å². The third kappa shape index (κ3) is 6.39. The Morgan fingerprint density at radius 1 is 1.11 bits per heavy atom. The molecule has 0 amide bonds. The number of hydrogen-bond donors (Lipinski definition) is 0. The van der Waals surface area contributed by atoms with Crippen LogP contribution in [-0.2, 0) is 26.1 Å². The molecule has 3 aromatic carbocycles. The molecule has 11 nitrogen and oxygen atoms in total. The van der Waals surface area contributed by atoms with Gasteiger partial charge in [0, 0.05) is 43.7 Å². The molecule has 7 rings (SSSR count). The Balaban J connectivity index is 0.00000372. The molecule has 0 unspecified atom stereocenters. The Bertz CT molecular complexity index is 1900. The van der Waals surface area contributed by atoms with Gasteiger partial charge in [-0.25, -0.2) is 0 Å². The summed E-state index contributed by atoms with van der Waals surface area (Å²) in [5.41, 5.74) is 4.61. The second kappa shape index (κ2) is 13.4. The summed E-state index contributed by atoms with van der Waals surface area (Å²) in [6.45, 7) is 3.92. The van der Waals surface area contributed by atoms with Gasteiger partial charge >= 0.3 is 5.82 Å². The molecule has 0 bridgehead atoms. The Hall–Kier alpha value is -4.58. The van der Waals surface area contributed by atoms with E-state index >= 15 is 0 Å². The van der Waals surface area contributed by atoms with Crippen molar-refractivity contribution >= 4 is 28.2 Å². The second-order valence-electron chi connectivity index (χ2n) is 11.0. The van der Waals surface area contributed by atoms with Crippen molar-refractivity contribution in [1.29, 1.82) is 0 Å². The lowest BCUT2D eigenvalue weighted by molar-refractivity contribution is -0.686. The van der Waals surface area contributed by atoms with E-state index in [0.717, 1.165) is 52.1 Å². The minimum absolute atomic E-state index is 0. The highest BCUT2D eigenvalue weighted by atomic mass is 35.5. The van der Waals surface area contributed by atoms with Gasteiger partial charge < -0.3 is 46.0 Å². The summed E-state index contributed by atoms with van der Waals surface area (Å²) in [6.07, 6.45) is 5.96. The highest BCUT2D eigenvalue weighted by molar-refractivity contribution is 6.30. The lowest BCUT2D eigenvalue weighted by Crippen LogP contribution is -3.00. The van der Waals surface area contributed by atoms with Crippen molar-refractivity contribution in [2.75, 3.05) is 33.6 Å². The number of nitrogens with zero attached hydrogens (tertiary/aromatic N) is 5. The molecule has 238 valence electrons. The summed E-state index contributed by atoms with van der Waals surface area (Å²) in [7, 11) is 1.65. The van der Waals surface area contributed by atoms with Gasteiger partial charge in [-0.15, -0.1) is 0 Å². The maximum Gasteiger partial charge on any atom is 0.381 e. The largest absolute Gasteiger partial charge is 1.00 e. The molecule has 2 aliphatic heterocycles. The van der Waals surface area contributed by atoms with Crippen LogP contribution in [0.3, 0.4) is 0 Å². The van der Waals surface area contributed by atoms with Crippen molar-refractivity contribution < 1.29 is 40.8 Å². The van der Waals surface area contributed by atoms with Crippen molar-refractivity contribution in [2.24, 2.45) is 0 Å². The van der Waals surface area contributed by atoms with Gasteiger partial charge in [0.1, 0.15) is 12.8 Å². The van der Waals surface area contributed by atoms with Crippen molar-refractivity contribution in [3.05, 3.63) is 99.6 Å². The molecule has 0 fully saturated rings. The van der Waals surface area contributed by atoms with Gasteiger partial charge in [-0.3, -0.25) is 4.90 Å². The first-order valence-electron chi connectivity index (χ1n) is 14.7. The van der Waals surface area contributed by atoms with Crippen molar-refractivity contribution in [3.8, 4) is 34.3 Å². The predicted octanol–water partition coefficient (Wildman–Crippen LogP) is 2.43. The van der Waals surface area contributed by atoms with Gasteiger partial charge in [0.15, 0.2) is 35.7 Å². The number of aryl methyl sites for hydroxylation is 2. The van der Waals surface area contributed by atoms with Crippen LogP contribution in [0.1, 0.15) is 11.1 Å². The fraction of sp³-hybridized carbons (Fsp3) is 0.273. The molecular formula is C33H31Cl2N5O6. The molecule has 5 aromatic rings. The number of ether oxygens (including phenoxy) is 4. The smallest absolute Gasteiger partial charge is 0.381 e. The monoisotopic (exact) mass is 663 g/mol. The highest BCUT2D eigenvalue weighted by Crippen LogP contribution is 2.41. The van der Waals surface area contributed by atoms with Crippen molar-refractivity contribution in [2.45, 2.75) is 26.1 Å². The van der Waals surface area contributed by atoms with E-state index in [0.29, 0.717) is 49.3 Å². The summed E-state index contributed by atoms with van der Waals surface area (Å²) in [4.78, 5) is 16.7. The van der Waals surface area contributed by atoms with Crippen molar-refractivity contribution in [1.82, 2.24) is 14.5 Å². The SMILES string of the molecule is COc1ccc2cc3[n+](cc2c1OCCN(CCn1cnc([N+](=O)[O-])c1)Cc1ccc(Cl)cc1)CCc1cc2c(cc1-3)OCO2.[Cl-]. The maximum atomic E-state index is 11.1. The molecule has 13 heteroatoms. The van der Waals surface area contributed by atoms with Gasteiger partial charge in [-0.1, -0.05) is 23.7 Å². The third-order valence-electron chi connectivity index (χ3n) is 8.25. The molecule has 2 aromatic heterocycles. The van der Waals surface area contributed by atoms with Crippen LogP contribution in [0.25, 0.3) is 22.0 Å².